The molecule has 2 aliphatic rings. The molecule has 3 nitrogen and oxygen atoms in total. The van der Waals surface area contributed by atoms with E-state index >= 15 is 0 Å². The van der Waals surface area contributed by atoms with E-state index in [0.29, 0.717) is 0 Å². The maximum atomic E-state index is 2.59. The van der Waals surface area contributed by atoms with Crippen molar-refractivity contribution >= 4 is 74.3 Å². The summed E-state index contributed by atoms with van der Waals surface area (Å²) in [7, 11) is 0. The van der Waals surface area contributed by atoms with E-state index in [4.69, 9.17) is 0 Å². The molecule has 0 N–H and O–H groups in total. The molecule has 58 heavy (non-hydrogen) atoms. The highest BCUT2D eigenvalue weighted by molar-refractivity contribution is 7.00. The minimum Gasteiger partial charge on any atom is -0.311 e. The number of fused-ring (bicyclic) bond motifs is 4. The Morgan fingerprint density at radius 3 is 1.38 bits per heavy atom. The fraction of sp³-hybridized carbons (Fsp3) is 0.222. The Hall–Kier alpha value is -6.00. The van der Waals surface area contributed by atoms with E-state index in [1.807, 2.05) is 0 Å². The third-order valence-corrected chi connectivity index (χ3v) is 12.4. The van der Waals surface area contributed by atoms with E-state index < -0.39 is 0 Å². The summed E-state index contributed by atoms with van der Waals surface area (Å²) in [6, 6.07) is 48.9. The Morgan fingerprint density at radius 2 is 0.862 bits per heavy atom. The molecule has 0 unspecified atom stereocenters. The molecule has 0 radical (unpaired) electrons. The lowest BCUT2D eigenvalue weighted by molar-refractivity contribution is 0.591. The van der Waals surface area contributed by atoms with Crippen LogP contribution in [-0.2, 0) is 5.41 Å². The molecule has 4 heteroatoms. The van der Waals surface area contributed by atoms with Crippen molar-refractivity contribution in [2.24, 2.45) is 0 Å². The third-order valence-electron chi connectivity index (χ3n) is 12.4. The molecule has 0 saturated carbocycles. The predicted octanol–water partition coefficient (Wildman–Crippen LogP) is 13.0. The average molecular weight is 756 g/mol. The van der Waals surface area contributed by atoms with Crippen LogP contribution in [0.4, 0.5) is 51.2 Å². The van der Waals surface area contributed by atoms with Gasteiger partial charge in [-0.1, -0.05) is 98.6 Å². The lowest BCUT2D eigenvalue weighted by Gasteiger charge is -2.46. The molecule has 288 valence electrons. The van der Waals surface area contributed by atoms with E-state index in [1.54, 1.807) is 0 Å². The first-order chi connectivity index (χ1) is 27.7. The van der Waals surface area contributed by atoms with Crippen molar-refractivity contribution in [1.82, 2.24) is 0 Å². The summed E-state index contributed by atoms with van der Waals surface area (Å²) < 4.78 is 0. The van der Waals surface area contributed by atoms with Crippen molar-refractivity contribution in [2.45, 2.75) is 81.6 Å². The van der Waals surface area contributed by atoms with Crippen molar-refractivity contribution < 1.29 is 0 Å². The topological polar surface area (TPSA) is 9.72 Å². The largest absolute Gasteiger partial charge is 0.311 e. The molecule has 2 aliphatic heterocycles. The van der Waals surface area contributed by atoms with Crippen LogP contribution in [0.3, 0.4) is 0 Å². The first-order valence-corrected chi connectivity index (χ1v) is 20.8. The Bertz CT molecular complexity index is 2710. The van der Waals surface area contributed by atoms with Gasteiger partial charge in [0, 0.05) is 45.5 Å². The van der Waals surface area contributed by atoms with E-state index in [9.17, 15) is 0 Å². The summed E-state index contributed by atoms with van der Waals surface area (Å²) in [6.45, 7) is 24.9. The molecule has 0 fully saturated rings. The molecular formula is C54H54BN3. The second-order valence-corrected chi connectivity index (χ2v) is 18.1. The van der Waals surface area contributed by atoms with Gasteiger partial charge in [0.2, 0.25) is 0 Å². The highest BCUT2D eigenvalue weighted by atomic mass is 15.2. The Kier molecular flexibility index (Phi) is 8.96. The molecule has 0 aromatic heterocycles. The minimum absolute atomic E-state index is 0.0138. The fourth-order valence-electron chi connectivity index (χ4n) is 9.25. The summed E-state index contributed by atoms with van der Waals surface area (Å²) in [5.74, 6) is 0. The van der Waals surface area contributed by atoms with Crippen molar-refractivity contribution in [3.63, 3.8) is 0 Å². The molecule has 0 bridgehead atoms. The normalized spacial score (nSPS) is 13.0. The number of nitrogens with zero attached hydrogens (tertiary/aromatic N) is 3. The van der Waals surface area contributed by atoms with Crippen molar-refractivity contribution in [3.8, 4) is 0 Å². The second kappa shape index (κ2) is 13.8. The van der Waals surface area contributed by atoms with Gasteiger partial charge in [-0.3, -0.25) is 0 Å². The number of benzene rings is 7. The second-order valence-electron chi connectivity index (χ2n) is 18.1. The summed E-state index contributed by atoms with van der Waals surface area (Å²) in [6.07, 6.45) is 0. The van der Waals surface area contributed by atoms with Crippen LogP contribution in [0.25, 0.3) is 0 Å². The zero-order valence-corrected chi connectivity index (χ0v) is 36.0. The first-order valence-electron chi connectivity index (χ1n) is 20.8. The Morgan fingerprint density at radius 1 is 0.397 bits per heavy atom. The molecule has 7 aromatic rings. The van der Waals surface area contributed by atoms with Gasteiger partial charge >= 0.3 is 0 Å². The molecule has 0 spiro atoms. The van der Waals surface area contributed by atoms with Crippen LogP contribution in [0, 0.1) is 55.4 Å². The van der Waals surface area contributed by atoms with E-state index in [0.717, 1.165) is 11.4 Å². The summed E-state index contributed by atoms with van der Waals surface area (Å²) in [4.78, 5) is 7.60. The number of hydrogen-bond donors (Lipinski definition) is 0. The highest BCUT2D eigenvalue weighted by Gasteiger charge is 2.45. The standard InChI is InChI=1S/C54H54BN3/c1-33-14-21-42(22-15-33)56(43-23-16-34(2)17-24-43)49-32-50-44(30-40(49)8)55-45-31-41(54(9,10)11)20-25-46(45)57(47-26-35(3)12-18-38(47)6)51-28-37(5)29-52(53(51)55)58(50)48-27-36(4)13-19-39(48)7/h12-32H,1-11H3. The van der Waals surface area contributed by atoms with Gasteiger partial charge in [0.1, 0.15) is 0 Å². The molecule has 0 saturated heterocycles. The van der Waals surface area contributed by atoms with E-state index in [1.165, 1.54) is 106 Å². The van der Waals surface area contributed by atoms with Gasteiger partial charge in [-0.15, -0.1) is 0 Å². The maximum absolute atomic E-state index is 2.59. The van der Waals surface area contributed by atoms with E-state index in [2.05, 4.69) is 218 Å². The summed E-state index contributed by atoms with van der Waals surface area (Å²) >= 11 is 0. The maximum Gasteiger partial charge on any atom is 0.252 e. The van der Waals surface area contributed by atoms with Gasteiger partial charge in [-0.05, 0) is 177 Å². The molecule has 0 aliphatic carbocycles. The fourth-order valence-corrected chi connectivity index (χ4v) is 9.25. The average Bonchev–Trinajstić information content (AvgIpc) is 3.18. The quantitative estimate of drug-likeness (QED) is 0.162. The van der Waals surface area contributed by atoms with Gasteiger partial charge in [0.05, 0.1) is 5.69 Å². The number of hydrogen-bond acceptors (Lipinski definition) is 3. The molecule has 0 atom stereocenters. The predicted molar refractivity (Wildman–Crippen MR) is 252 cm³/mol. The smallest absolute Gasteiger partial charge is 0.252 e. The van der Waals surface area contributed by atoms with Crippen LogP contribution in [0.5, 0.6) is 0 Å². The third kappa shape index (κ3) is 6.21. The number of anilines is 9. The van der Waals surface area contributed by atoms with Crippen molar-refractivity contribution in [1.29, 1.82) is 0 Å². The molecule has 2 heterocycles. The van der Waals surface area contributed by atoms with Gasteiger partial charge in [0.15, 0.2) is 0 Å². The first kappa shape index (κ1) is 37.6. The lowest BCUT2D eigenvalue weighted by Crippen LogP contribution is -2.61. The lowest BCUT2D eigenvalue weighted by atomic mass is 9.33. The Balaban J connectivity index is 1.40. The number of rotatable bonds is 5. The summed E-state index contributed by atoms with van der Waals surface area (Å²) in [5, 5.41) is 0. The van der Waals surface area contributed by atoms with Gasteiger partial charge in [-0.25, -0.2) is 0 Å². The van der Waals surface area contributed by atoms with Gasteiger partial charge in [0.25, 0.3) is 6.71 Å². The molecular weight excluding hydrogens is 701 g/mol. The summed E-state index contributed by atoms with van der Waals surface area (Å²) in [5.41, 5.74) is 26.3. The van der Waals surface area contributed by atoms with Crippen LogP contribution in [0.1, 0.15) is 70.8 Å². The monoisotopic (exact) mass is 755 g/mol. The van der Waals surface area contributed by atoms with E-state index in [-0.39, 0.29) is 12.1 Å². The highest BCUT2D eigenvalue weighted by Crippen LogP contribution is 2.48. The Labute approximate surface area is 346 Å². The molecule has 0 amide bonds. The van der Waals surface area contributed by atoms with Crippen LogP contribution in [-0.4, -0.2) is 6.71 Å². The van der Waals surface area contributed by atoms with Crippen LogP contribution >= 0.6 is 0 Å². The minimum atomic E-state index is -0.0138. The number of aryl methyl sites for hydroxylation is 8. The van der Waals surface area contributed by atoms with Crippen LogP contribution in [0.2, 0.25) is 0 Å². The zero-order valence-electron chi connectivity index (χ0n) is 36.0. The van der Waals surface area contributed by atoms with Crippen molar-refractivity contribution in [2.75, 3.05) is 14.7 Å². The van der Waals surface area contributed by atoms with Crippen LogP contribution in [0.15, 0.2) is 127 Å². The molecule has 7 aromatic carbocycles. The SMILES string of the molecule is Cc1ccc(N(c2ccc(C)cc2)c2cc3c(cc2C)B2c4cc(C(C)(C)C)ccc4N(c4cc(C)ccc4C)c4cc(C)cc(c42)N3c2cc(C)ccc2C)cc1. The zero-order chi connectivity index (χ0) is 40.8. The molecule has 9 rings (SSSR count). The van der Waals surface area contributed by atoms with Crippen LogP contribution < -0.4 is 31.1 Å². The van der Waals surface area contributed by atoms with Gasteiger partial charge < -0.3 is 14.7 Å². The van der Waals surface area contributed by atoms with Gasteiger partial charge in [-0.2, -0.15) is 0 Å². The van der Waals surface area contributed by atoms with Crippen molar-refractivity contribution in [3.05, 3.63) is 177 Å².